The van der Waals surface area contributed by atoms with Crippen LogP contribution in [0.5, 0.6) is 0 Å². The number of hydrogen-bond donors (Lipinski definition) is 0. The van der Waals surface area contributed by atoms with E-state index in [9.17, 15) is 14.4 Å². The lowest BCUT2D eigenvalue weighted by Crippen LogP contribution is -2.36. The highest BCUT2D eigenvalue weighted by molar-refractivity contribution is 14.1. The molecule has 0 spiro atoms. The quantitative estimate of drug-likeness (QED) is 0.312. The first-order valence-electron chi connectivity index (χ1n) is 4.97. The van der Waals surface area contributed by atoms with Crippen molar-refractivity contribution >= 4 is 40.7 Å². The van der Waals surface area contributed by atoms with Gasteiger partial charge >= 0.3 is 11.9 Å². The molecule has 0 saturated heterocycles. The summed E-state index contributed by atoms with van der Waals surface area (Å²) in [6.45, 7) is 1.43. The molecule has 16 heavy (non-hydrogen) atoms. The summed E-state index contributed by atoms with van der Waals surface area (Å²) in [6, 6.07) is -0.319. The second-order valence-electron chi connectivity index (χ2n) is 3.81. The molecule has 1 aliphatic heterocycles. The summed E-state index contributed by atoms with van der Waals surface area (Å²) in [6.07, 6.45) is 2.06. The average molecular weight is 335 g/mol. The van der Waals surface area contributed by atoms with E-state index in [0.29, 0.717) is 24.0 Å². The maximum Gasteiger partial charge on any atom is 0.344 e. The number of esters is 2. The van der Waals surface area contributed by atoms with Gasteiger partial charge in [-0.15, -0.1) is 0 Å². The maximum absolute atomic E-state index is 11.5. The first kappa shape index (κ1) is 11.6. The molecule has 0 aromatic rings. The molecule has 1 atom stereocenters. The molecule has 0 aromatic carbocycles. The van der Waals surface area contributed by atoms with E-state index in [4.69, 9.17) is 0 Å². The Hall–Kier alpha value is -0.920. The number of halogens is 1. The smallest absolute Gasteiger partial charge is 0.344 e. The fraction of sp³-hybridized carbons (Fsp3) is 0.500. The number of cyclic esters (lactones) is 2. The summed E-state index contributed by atoms with van der Waals surface area (Å²) < 4.78 is 6.04. The van der Waals surface area contributed by atoms with E-state index in [1.165, 1.54) is 10.0 Å². The summed E-state index contributed by atoms with van der Waals surface area (Å²) >= 11 is 1.87. The van der Waals surface area contributed by atoms with Crippen molar-refractivity contribution in [3.63, 3.8) is 0 Å². The van der Waals surface area contributed by atoms with E-state index in [1.54, 1.807) is 0 Å². The van der Waals surface area contributed by atoms with Gasteiger partial charge in [-0.25, -0.2) is 9.59 Å². The molecule has 0 radical (unpaired) electrons. The molecule has 2 aliphatic rings. The lowest BCUT2D eigenvalue weighted by atomic mass is 9.89. The molecule has 0 N–H and O–H groups in total. The van der Waals surface area contributed by atoms with E-state index in [2.05, 4.69) is 4.74 Å². The van der Waals surface area contributed by atoms with Gasteiger partial charge in [-0.05, 0) is 19.3 Å². The molecule has 2 rings (SSSR count). The van der Waals surface area contributed by atoms with Gasteiger partial charge in [-0.2, -0.15) is 0 Å². The zero-order chi connectivity index (χ0) is 11.9. The van der Waals surface area contributed by atoms with Gasteiger partial charge in [0.2, 0.25) is 5.91 Å². The third-order valence-corrected chi connectivity index (χ3v) is 4.14. The highest BCUT2D eigenvalue weighted by Crippen LogP contribution is 2.35. The van der Waals surface area contributed by atoms with Gasteiger partial charge < -0.3 is 4.74 Å². The standard InChI is InChI=1S/C10H10INO4/c1-5(13)12(11)7-4-2-3-6-8(7)10(15)16-9(6)14/h7H,2-4H2,1H3. The van der Waals surface area contributed by atoms with Gasteiger partial charge in [-0.3, -0.25) is 7.91 Å². The van der Waals surface area contributed by atoms with Crippen molar-refractivity contribution < 1.29 is 19.1 Å². The molecule has 1 aliphatic carbocycles. The monoisotopic (exact) mass is 335 g/mol. The van der Waals surface area contributed by atoms with Gasteiger partial charge in [0.05, 0.1) is 40.1 Å². The molecular formula is C10H10INO4. The molecule has 1 heterocycles. The van der Waals surface area contributed by atoms with Crippen LogP contribution in [0.25, 0.3) is 0 Å². The second kappa shape index (κ2) is 4.15. The minimum atomic E-state index is -0.590. The number of ether oxygens (including phenoxy) is 1. The Morgan fingerprint density at radius 2 is 2.12 bits per heavy atom. The largest absolute Gasteiger partial charge is 0.386 e. The molecule has 0 fully saturated rings. The van der Waals surface area contributed by atoms with Crippen molar-refractivity contribution in [2.24, 2.45) is 0 Å². The number of amides is 1. The third kappa shape index (κ3) is 1.74. The zero-order valence-corrected chi connectivity index (χ0v) is 10.8. The number of nitrogens with zero attached hydrogens (tertiary/aromatic N) is 1. The summed E-state index contributed by atoms with van der Waals surface area (Å²) in [5.74, 6) is -1.27. The van der Waals surface area contributed by atoms with Crippen LogP contribution >= 0.6 is 22.9 Å². The van der Waals surface area contributed by atoms with Gasteiger partial charge in [0.1, 0.15) is 0 Å². The summed E-state index contributed by atoms with van der Waals surface area (Å²) in [5, 5.41) is 0. The van der Waals surface area contributed by atoms with Crippen molar-refractivity contribution in [3.8, 4) is 0 Å². The SMILES string of the molecule is CC(=O)N(I)C1CCCC2=C1C(=O)OC2=O. The van der Waals surface area contributed by atoms with Gasteiger partial charge in [-0.1, -0.05) is 0 Å². The van der Waals surface area contributed by atoms with Crippen LogP contribution in [0.4, 0.5) is 0 Å². The Morgan fingerprint density at radius 1 is 1.44 bits per heavy atom. The van der Waals surface area contributed by atoms with Gasteiger partial charge in [0, 0.05) is 6.92 Å². The summed E-state index contributed by atoms with van der Waals surface area (Å²) in [4.78, 5) is 34.1. The lowest BCUT2D eigenvalue weighted by Gasteiger charge is -2.27. The number of carbonyl (C=O) groups excluding carboxylic acids is 3. The van der Waals surface area contributed by atoms with Gasteiger partial charge in [0.15, 0.2) is 0 Å². The van der Waals surface area contributed by atoms with Gasteiger partial charge in [0.25, 0.3) is 0 Å². The van der Waals surface area contributed by atoms with Crippen LogP contribution in [0.1, 0.15) is 26.2 Å². The molecule has 86 valence electrons. The molecule has 6 heteroatoms. The van der Waals surface area contributed by atoms with Crippen molar-refractivity contribution in [3.05, 3.63) is 11.1 Å². The van der Waals surface area contributed by atoms with Crippen molar-refractivity contribution in [1.29, 1.82) is 0 Å². The average Bonchev–Trinajstić information content (AvgIpc) is 2.54. The second-order valence-corrected chi connectivity index (χ2v) is 4.85. The van der Waals surface area contributed by atoms with Crippen LogP contribution in [0.2, 0.25) is 0 Å². The van der Waals surface area contributed by atoms with Crippen LogP contribution in [0.15, 0.2) is 11.1 Å². The predicted molar refractivity (Wildman–Crippen MR) is 62.3 cm³/mol. The fourth-order valence-corrected chi connectivity index (χ4v) is 2.63. The number of rotatable bonds is 1. The van der Waals surface area contributed by atoms with E-state index in [-0.39, 0.29) is 11.9 Å². The Bertz CT molecular complexity index is 415. The molecule has 5 nitrogen and oxygen atoms in total. The van der Waals surface area contributed by atoms with Crippen molar-refractivity contribution in [1.82, 2.24) is 3.11 Å². The molecule has 1 unspecified atom stereocenters. The molecule has 1 amide bonds. The van der Waals surface area contributed by atoms with Crippen LogP contribution < -0.4 is 0 Å². The van der Waals surface area contributed by atoms with Crippen molar-refractivity contribution in [2.45, 2.75) is 32.2 Å². The molecular weight excluding hydrogens is 325 g/mol. The number of carbonyl (C=O) groups is 3. The first-order valence-corrected chi connectivity index (χ1v) is 5.94. The Labute approximate surface area is 106 Å². The molecule has 0 bridgehead atoms. The maximum atomic E-state index is 11.5. The van der Waals surface area contributed by atoms with Crippen LogP contribution in [-0.2, 0) is 19.1 Å². The third-order valence-electron chi connectivity index (χ3n) is 2.79. The highest BCUT2D eigenvalue weighted by Gasteiger charge is 2.42. The van der Waals surface area contributed by atoms with E-state index in [0.717, 1.165) is 6.42 Å². The van der Waals surface area contributed by atoms with Crippen LogP contribution in [0.3, 0.4) is 0 Å². The lowest BCUT2D eigenvalue weighted by molar-refractivity contribution is -0.151. The summed E-state index contributed by atoms with van der Waals surface area (Å²) in [7, 11) is 0. The number of hydrogen-bond acceptors (Lipinski definition) is 4. The minimum Gasteiger partial charge on any atom is -0.386 e. The topological polar surface area (TPSA) is 63.7 Å². The Balaban J connectivity index is 2.38. The summed E-state index contributed by atoms with van der Waals surface area (Å²) in [5.41, 5.74) is 0.824. The van der Waals surface area contributed by atoms with Crippen LogP contribution in [-0.4, -0.2) is 27.0 Å². The minimum absolute atomic E-state index is 0.133. The van der Waals surface area contributed by atoms with E-state index >= 15 is 0 Å². The van der Waals surface area contributed by atoms with E-state index in [1.807, 2.05) is 22.9 Å². The normalized spacial score (nSPS) is 24.2. The highest BCUT2D eigenvalue weighted by atomic mass is 127. The first-order chi connectivity index (χ1) is 7.52. The van der Waals surface area contributed by atoms with Crippen molar-refractivity contribution in [2.75, 3.05) is 0 Å². The predicted octanol–water partition coefficient (Wildman–Crippen LogP) is 1.12. The van der Waals surface area contributed by atoms with E-state index < -0.39 is 11.9 Å². The Morgan fingerprint density at radius 3 is 2.75 bits per heavy atom. The fourth-order valence-electron chi connectivity index (χ4n) is 2.07. The molecule has 0 saturated carbocycles. The molecule has 0 aromatic heterocycles. The zero-order valence-electron chi connectivity index (χ0n) is 8.66. The Kier molecular flexibility index (Phi) is 3.00. The van der Waals surface area contributed by atoms with Crippen LogP contribution in [0, 0.1) is 0 Å².